The molecule has 12 rings (SSSR count). The summed E-state index contributed by atoms with van der Waals surface area (Å²) in [5.41, 5.74) is 14.1. The number of nitrogens with zero attached hydrogens (tertiary/aromatic N) is 3. The van der Waals surface area contributed by atoms with Gasteiger partial charge >= 0.3 is 12.4 Å². The molecule has 12 aromatic rings. The number of hydrogen-bond donors (Lipinski definition) is 0. The third kappa shape index (κ3) is 9.08. The number of halogens is 6. The minimum Gasteiger partial charge on any atom is -0.307 e. The Labute approximate surface area is 460 Å². The van der Waals surface area contributed by atoms with E-state index in [1.165, 1.54) is 12.1 Å². The molecule has 0 aliphatic rings. The zero-order chi connectivity index (χ0) is 56.3. The summed E-state index contributed by atoms with van der Waals surface area (Å²) in [6.45, 7) is 16.3. The first kappa shape index (κ1) is 51.6. The quantitative estimate of drug-likeness (QED) is 0.146. The molecular formula is C71H53F6N3. The number of aromatic nitrogens is 2. The highest BCUT2D eigenvalue weighted by molar-refractivity contribution is 6.14. The van der Waals surface area contributed by atoms with Crippen LogP contribution in [0.25, 0.3) is 111 Å². The van der Waals surface area contributed by atoms with Crippen molar-refractivity contribution in [3.63, 3.8) is 0 Å². The Kier molecular flexibility index (Phi) is 12.3. The van der Waals surface area contributed by atoms with Gasteiger partial charge in [-0.05, 0) is 148 Å². The lowest BCUT2D eigenvalue weighted by atomic mass is 9.89. The Morgan fingerprint density at radius 2 is 0.600 bits per heavy atom. The van der Waals surface area contributed by atoms with Crippen molar-refractivity contribution < 1.29 is 26.3 Å². The smallest absolute Gasteiger partial charge is 0.307 e. The number of benzene rings is 10. The fraction of sp³-hybridized carbons (Fsp3) is 0.141. The molecule has 3 nitrogen and oxygen atoms in total. The van der Waals surface area contributed by atoms with Crippen molar-refractivity contribution >= 4 is 43.6 Å². The van der Waals surface area contributed by atoms with E-state index in [0.29, 0.717) is 39.9 Å². The SMILES string of the molecule is Cc1cc(C)cc(-c2ccc3c4ccc(-c5cc(C)cc(C)c5)cc4n(-c4cc(C#N)c(-c5c(C(F)(F)F)cccc5C(F)(F)F)cc4-n4c5cc(-c6cc(C)cc(C)c6)ccc5c5ccc(-c6cc(C)cc(C)c6)cc54)c3c2)c1. The second-order valence-electron chi connectivity index (χ2n) is 21.8. The van der Waals surface area contributed by atoms with E-state index in [0.717, 1.165) is 117 Å². The Balaban J connectivity index is 1.30. The summed E-state index contributed by atoms with van der Waals surface area (Å²) in [4.78, 5) is 0. The second-order valence-corrected chi connectivity index (χ2v) is 21.8. The highest BCUT2D eigenvalue weighted by Crippen LogP contribution is 2.49. The van der Waals surface area contributed by atoms with Gasteiger partial charge in [0.1, 0.15) is 0 Å². The normalized spacial score (nSPS) is 12.1. The lowest BCUT2D eigenvalue weighted by Gasteiger charge is -2.23. The van der Waals surface area contributed by atoms with Crippen LogP contribution in [-0.2, 0) is 12.4 Å². The van der Waals surface area contributed by atoms with E-state index in [-0.39, 0.29) is 11.3 Å². The minimum atomic E-state index is -5.24. The van der Waals surface area contributed by atoms with Gasteiger partial charge in [0.05, 0.1) is 56.2 Å². The molecule has 0 saturated carbocycles. The minimum absolute atomic E-state index is 0.256. The topological polar surface area (TPSA) is 33.6 Å². The van der Waals surface area contributed by atoms with Crippen LogP contribution >= 0.6 is 0 Å². The lowest BCUT2D eigenvalue weighted by Crippen LogP contribution is -2.15. The van der Waals surface area contributed by atoms with Crippen molar-refractivity contribution in [3.8, 4) is 73.1 Å². The molecule has 0 aliphatic heterocycles. The highest BCUT2D eigenvalue weighted by Gasteiger charge is 2.42. The molecule has 0 fully saturated rings. The van der Waals surface area contributed by atoms with Crippen molar-refractivity contribution in [2.24, 2.45) is 0 Å². The van der Waals surface area contributed by atoms with Gasteiger partial charge in [-0.2, -0.15) is 31.6 Å². The number of rotatable bonds is 7. The third-order valence-electron chi connectivity index (χ3n) is 15.4. The van der Waals surface area contributed by atoms with E-state index in [9.17, 15) is 5.26 Å². The fourth-order valence-electron chi connectivity index (χ4n) is 12.4. The summed E-state index contributed by atoms with van der Waals surface area (Å²) in [6.07, 6.45) is -10.5. The molecule has 10 aromatic carbocycles. The average molecular weight is 1060 g/mol. The van der Waals surface area contributed by atoms with Crippen LogP contribution in [0.3, 0.4) is 0 Å². The third-order valence-corrected chi connectivity index (χ3v) is 15.4. The molecule has 0 unspecified atom stereocenters. The Morgan fingerprint density at radius 3 is 0.863 bits per heavy atom. The van der Waals surface area contributed by atoms with Gasteiger partial charge in [0, 0.05) is 32.7 Å². The first-order chi connectivity index (χ1) is 38.1. The zero-order valence-corrected chi connectivity index (χ0v) is 45.4. The van der Waals surface area contributed by atoms with Crippen molar-refractivity contribution in [1.29, 1.82) is 5.26 Å². The number of fused-ring (bicyclic) bond motifs is 6. The van der Waals surface area contributed by atoms with Gasteiger partial charge in [-0.25, -0.2) is 0 Å². The second kappa shape index (κ2) is 19.1. The molecule has 0 atom stereocenters. The predicted octanol–water partition coefficient (Wildman–Crippen LogP) is 20.6. The summed E-state index contributed by atoms with van der Waals surface area (Å²) in [6, 6.07) is 57.0. The highest BCUT2D eigenvalue weighted by atomic mass is 19.4. The average Bonchev–Trinajstić information content (AvgIpc) is 4.12. The molecule has 394 valence electrons. The van der Waals surface area contributed by atoms with Gasteiger partial charge in [0.2, 0.25) is 0 Å². The summed E-state index contributed by atoms with van der Waals surface area (Å²) < 4.78 is 97.0. The fourth-order valence-corrected chi connectivity index (χ4v) is 12.4. The monoisotopic (exact) mass is 1060 g/mol. The van der Waals surface area contributed by atoms with E-state index in [1.807, 2.05) is 76.7 Å². The molecular weight excluding hydrogens is 1010 g/mol. The van der Waals surface area contributed by atoms with Gasteiger partial charge < -0.3 is 9.13 Å². The van der Waals surface area contributed by atoms with Gasteiger partial charge in [-0.3, -0.25) is 0 Å². The van der Waals surface area contributed by atoms with Crippen molar-refractivity contribution in [1.82, 2.24) is 9.13 Å². The van der Waals surface area contributed by atoms with Gasteiger partial charge in [-0.15, -0.1) is 0 Å². The molecule has 2 aromatic heterocycles. The summed E-state index contributed by atoms with van der Waals surface area (Å²) >= 11 is 0. The lowest BCUT2D eigenvalue weighted by molar-refractivity contribution is -0.142. The molecule has 2 heterocycles. The van der Waals surface area contributed by atoms with Crippen LogP contribution in [0, 0.1) is 66.7 Å². The molecule has 0 saturated heterocycles. The van der Waals surface area contributed by atoms with Gasteiger partial charge in [0.15, 0.2) is 0 Å². The maximum atomic E-state index is 15.5. The molecule has 0 spiro atoms. The van der Waals surface area contributed by atoms with E-state index in [2.05, 4.69) is 140 Å². The molecule has 9 heteroatoms. The first-order valence-electron chi connectivity index (χ1n) is 26.5. The largest absolute Gasteiger partial charge is 0.417 e. The van der Waals surface area contributed by atoms with Gasteiger partial charge in [-0.1, -0.05) is 172 Å². The van der Waals surface area contributed by atoms with Crippen LogP contribution in [0.4, 0.5) is 26.3 Å². The Bertz CT molecular complexity index is 4280. The number of aryl methyl sites for hydroxylation is 8. The van der Waals surface area contributed by atoms with Crippen LogP contribution in [0.5, 0.6) is 0 Å². The molecule has 0 radical (unpaired) electrons. The Morgan fingerprint density at radius 1 is 0.325 bits per heavy atom. The van der Waals surface area contributed by atoms with Crippen LogP contribution in [0.1, 0.15) is 61.2 Å². The van der Waals surface area contributed by atoms with E-state index >= 15 is 26.3 Å². The van der Waals surface area contributed by atoms with Crippen molar-refractivity contribution in [2.45, 2.75) is 67.7 Å². The number of alkyl halides is 6. The number of nitriles is 1. The zero-order valence-electron chi connectivity index (χ0n) is 45.4. The van der Waals surface area contributed by atoms with Crippen molar-refractivity contribution in [2.75, 3.05) is 0 Å². The predicted molar refractivity (Wildman–Crippen MR) is 315 cm³/mol. The first-order valence-corrected chi connectivity index (χ1v) is 26.5. The maximum absolute atomic E-state index is 15.5. The Hall–Kier alpha value is -9.13. The van der Waals surface area contributed by atoms with E-state index in [1.54, 1.807) is 0 Å². The van der Waals surface area contributed by atoms with E-state index < -0.39 is 34.6 Å². The molecule has 0 amide bonds. The summed E-state index contributed by atoms with van der Waals surface area (Å²) in [7, 11) is 0. The van der Waals surface area contributed by atoms with Crippen LogP contribution in [0.15, 0.2) is 176 Å². The molecule has 0 bridgehead atoms. The maximum Gasteiger partial charge on any atom is 0.417 e. The van der Waals surface area contributed by atoms with Crippen LogP contribution in [-0.4, -0.2) is 9.13 Å². The van der Waals surface area contributed by atoms with Gasteiger partial charge in [0.25, 0.3) is 0 Å². The van der Waals surface area contributed by atoms with Crippen LogP contribution < -0.4 is 0 Å². The standard InChI is InChI=1S/C71H53F6N3/c1-39-20-40(2)25-51(24-39)47-12-16-56-57-17-13-48(52-26-41(3)21-42(4)27-52)33-64(57)79(63(56)32-47)67-36-55(38-78)60(69-61(70(72,73)74)10-9-11-62(69)71(75,76)77)37-68(67)80-65-34-49(53-28-43(5)22-44(6)29-53)14-18-58(65)59-19-15-50(35-66(59)80)54-30-45(7)23-46(8)31-54/h9-37H,1-8H3. The summed E-state index contributed by atoms with van der Waals surface area (Å²) in [5.74, 6) is 0. The van der Waals surface area contributed by atoms with Crippen molar-refractivity contribution in [3.05, 3.63) is 237 Å². The molecule has 80 heavy (non-hydrogen) atoms. The van der Waals surface area contributed by atoms with E-state index in [4.69, 9.17) is 0 Å². The van der Waals surface area contributed by atoms with Crippen LogP contribution in [0.2, 0.25) is 0 Å². The number of hydrogen-bond acceptors (Lipinski definition) is 1. The molecule has 0 aliphatic carbocycles. The molecule has 0 N–H and O–H groups in total. The summed E-state index contributed by atoms with van der Waals surface area (Å²) in [5, 5.41) is 14.7.